The molecule has 0 bridgehead atoms. The highest BCUT2D eigenvalue weighted by atomic mass is 32.1. The maximum atomic E-state index is 13.6. The fourth-order valence-corrected chi connectivity index (χ4v) is 5.05. The fourth-order valence-electron chi connectivity index (χ4n) is 4.05. The van der Waals surface area contributed by atoms with E-state index in [1.165, 1.54) is 22.8 Å². The number of esters is 2. The van der Waals surface area contributed by atoms with Crippen LogP contribution in [0.5, 0.6) is 11.5 Å². The molecule has 0 saturated heterocycles. The summed E-state index contributed by atoms with van der Waals surface area (Å²) < 4.78 is 17.8. The number of rotatable bonds is 7. The minimum atomic E-state index is -0.748. The standard InChI is InChI=1S/C28H26N2O6S/c1-5-35-27(33)24-17(2)29-28-30(25(24)20-13-15-21(16-14-20)36-18(3)31)26(32)23(37-28)12-8-10-19-9-6-7-11-22(19)34-4/h6-16,25H,5H2,1-4H3. The molecule has 9 heteroatoms. The average molecular weight is 519 g/mol. The van der Waals surface area contributed by atoms with Crippen LogP contribution in [-0.4, -0.2) is 30.2 Å². The van der Waals surface area contributed by atoms with Gasteiger partial charge in [0.2, 0.25) is 0 Å². The summed E-state index contributed by atoms with van der Waals surface area (Å²) in [5.41, 5.74) is 2.01. The Morgan fingerprint density at radius 3 is 2.54 bits per heavy atom. The van der Waals surface area contributed by atoms with Gasteiger partial charge >= 0.3 is 11.9 Å². The third-order valence-corrected chi connectivity index (χ3v) is 6.64. The molecule has 8 nitrogen and oxygen atoms in total. The number of carbonyl (C=O) groups is 2. The predicted octanol–water partition coefficient (Wildman–Crippen LogP) is 3.40. The number of ether oxygens (including phenoxy) is 3. The first-order chi connectivity index (χ1) is 17.8. The van der Waals surface area contributed by atoms with Crippen molar-refractivity contribution in [2.24, 2.45) is 4.99 Å². The van der Waals surface area contributed by atoms with Crippen LogP contribution in [0.25, 0.3) is 12.2 Å². The van der Waals surface area contributed by atoms with Gasteiger partial charge in [0.1, 0.15) is 11.5 Å². The maximum Gasteiger partial charge on any atom is 0.338 e. The monoisotopic (exact) mass is 518 g/mol. The second kappa shape index (κ2) is 11.2. The van der Waals surface area contributed by atoms with E-state index in [0.717, 1.165) is 11.3 Å². The zero-order valence-corrected chi connectivity index (χ0v) is 21.7. The summed E-state index contributed by atoms with van der Waals surface area (Å²) in [5.74, 6) is 0.108. The molecule has 0 N–H and O–H groups in total. The molecule has 0 aliphatic carbocycles. The number of hydrogen-bond acceptors (Lipinski definition) is 8. The molecule has 1 atom stereocenters. The van der Waals surface area contributed by atoms with Gasteiger partial charge in [-0.25, -0.2) is 9.79 Å². The van der Waals surface area contributed by atoms with Gasteiger partial charge in [0.25, 0.3) is 5.56 Å². The number of hydrogen-bond donors (Lipinski definition) is 0. The molecule has 0 fully saturated rings. The van der Waals surface area contributed by atoms with Gasteiger partial charge in [0.15, 0.2) is 4.80 Å². The molecule has 1 aliphatic heterocycles. The summed E-state index contributed by atoms with van der Waals surface area (Å²) in [6.07, 6.45) is 5.37. The van der Waals surface area contributed by atoms with Crippen LogP contribution in [0.15, 0.2) is 75.7 Å². The average Bonchev–Trinajstić information content (AvgIpc) is 3.18. The van der Waals surface area contributed by atoms with Gasteiger partial charge in [0, 0.05) is 12.5 Å². The lowest BCUT2D eigenvalue weighted by Crippen LogP contribution is -2.39. The number of methoxy groups -OCH3 is 1. The Morgan fingerprint density at radius 1 is 1.14 bits per heavy atom. The van der Waals surface area contributed by atoms with E-state index >= 15 is 0 Å². The lowest BCUT2D eigenvalue weighted by molar-refractivity contribution is -0.139. The predicted molar refractivity (Wildman–Crippen MR) is 141 cm³/mol. The van der Waals surface area contributed by atoms with E-state index in [1.54, 1.807) is 57.4 Å². The highest BCUT2D eigenvalue weighted by molar-refractivity contribution is 7.07. The van der Waals surface area contributed by atoms with Crippen molar-refractivity contribution >= 4 is 35.4 Å². The van der Waals surface area contributed by atoms with E-state index in [9.17, 15) is 14.4 Å². The lowest BCUT2D eigenvalue weighted by Gasteiger charge is -2.24. The van der Waals surface area contributed by atoms with Crippen molar-refractivity contribution in [1.29, 1.82) is 0 Å². The van der Waals surface area contributed by atoms with Crippen molar-refractivity contribution in [2.75, 3.05) is 13.7 Å². The molecule has 0 saturated carbocycles. The summed E-state index contributed by atoms with van der Waals surface area (Å²) in [6, 6.07) is 13.5. The lowest BCUT2D eigenvalue weighted by atomic mass is 9.96. The van der Waals surface area contributed by atoms with Crippen molar-refractivity contribution in [2.45, 2.75) is 26.8 Å². The molecule has 1 aliphatic rings. The zero-order chi connectivity index (χ0) is 26.5. The fraction of sp³-hybridized carbons (Fsp3) is 0.214. The summed E-state index contributed by atoms with van der Waals surface area (Å²) in [7, 11) is 1.60. The van der Waals surface area contributed by atoms with Crippen LogP contribution in [0, 0.1) is 0 Å². The second-order valence-corrected chi connectivity index (χ2v) is 9.10. The second-order valence-electron chi connectivity index (χ2n) is 8.09. The van der Waals surface area contributed by atoms with Gasteiger partial charge < -0.3 is 14.2 Å². The molecule has 37 heavy (non-hydrogen) atoms. The van der Waals surface area contributed by atoms with E-state index in [2.05, 4.69) is 4.99 Å². The highest BCUT2D eigenvalue weighted by Gasteiger charge is 2.33. The van der Waals surface area contributed by atoms with Crippen LogP contribution in [0.4, 0.5) is 0 Å². The summed E-state index contributed by atoms with van der Waals surface area (Å²) in [6.45, 7) is 4.95. The minimum Gasteiger partial charge on any atom is -0.496 e. The number of aromatic nitrogens is 1. The third-order valence-electron chi connectivity index (χ3n) is 5.64. The van der Waals surface area contributed by atoms with Gasteiger partial charge in [0.05, 0.1) is 35.6 Å². The van der Waals surface area contributed by atoms with Crippen molar-refractivity contribution in [3.8, 4) is 11.5 Å². The molecule has 0 amide bonds. The Bertz CT molecular complexity index is 1580. The van der Waals surface area contributed by atoms with E-state index in [0.29, 0.717) is 26.3 Å². The molecule has 2 heterocycles. The number of allylic oxidation sites excluding steroid dienone is 2. The Labute approximate surface area is 217 Å². The summed E-state index contributed by atoms with van der Waals surface area (Å²) in [5, 5.41) is 0. The topological polar surface area (TPSA) is 96.2 Å². The first kappa shape index (κ1) is 25.8. The van der Waals surface area contributed by atoms with Gasteiger partial charge in [-0.3, -0.25) is 14.2 Å². The number of carbonyl (C=O) groups excluding carboxylic acids is 2. The Hall–Kier alpha value is -4.24. The van der Waals surface area contributed by atoms with Crippen LogP contribution in [-0.2, 0) is 14.3 Å². The Kier molecular flexibility index (Phi) is 7.83. The van der Waals surface area contributed by atoms with Crippen molar-refractivity contribution in [1.82, 2.24) is 4.57 Å². The minimum absolute atomic E-state index is 0.186. The molecule has 190 valence electrons. The van der Waals surface area contributed by atoms with Crippen LogP contribution in [0.3, 0.4) is 0 Å². The number of fused-ring (bicyclic) bond motifs is 1. The first-order valence-corrected chi connectivity index (χ1v) is 12.4. The number of nitrogens with zero attached hydrogens (tertiary/aromatic N) is 2. The van der Waals surface area contributed by atoms with Crippen LogP contribution >= 0.6 is 11.3 Å². The molecular weight excluding hydrogens is 492 g/mol. The first-order valence-electron chi connectivity index (χ1n) is 11.6. The SMILES string of the molecule is CCOC(=O)C1=C(C)N=c2sc(=CC=Cc3ccccc3OC)c(=O)n2C1c1ccc(OC(C)=O)cc1. The molecule has 3 aromatic rings. The van der Waals surface area contributed by atoms with E-state index < -0.39 is 18.0 Å². The number of benzene rings is 2. The van der Waals surface area contributed by atoms with Gasteiger partial charge in [-0.2, -0.15) is 0 Å². The molecule has 4 rings (SSSR count). The highest BCUT2D eigenvalue weighted by Crippen LogP contribution is 2.31. The molecule has 1 unspecified atom stereocenters. The van der Waals surface area contributed by atoms with Crippen molar-refractivity contribution in [3.63, 3.8) is 0 Å². The third kappa shape index (κ3) is 5.46. The van der Waals surface area contributed by atoms with Crippen LogP contribution < -0.4 is 24.4 Å². The Balaban J connectivity index is 1.82. The molecule has 0 spiro atoms. The van der Waals surface area contributed by atoms with E-state index in [1.807, 2.05) is 30.3 Å². The van der Waals surface area contributed by atoms with Crippen molar-refractivity contribution < 1.29 is 23.8 Å². The molecular formula is C28H26N2O6S. The number of thiazole rings is 1. The zero-order valence-electron chi connectivity index (χ0n) is 20.9. The van der Waals surface area contributed by atoms with Crippen LogP contribution in [0.1, 0.15) is 37.9 Å². The normalized spacial score (nSPS) is 15.4. The largest absolute Gasteiger partial charge is 0.496 e. The quantitative estimate of drug-likeness (QED) is 0.351. The molecule has 2 aromatic carbocycles. The summed E-state index contributed by atoms with van der Waals surface area (Å²) >= 11 is 1.24. The smallest absolute Gasteiger partial charge is 0.338 e. The van der Waals surface area contributed by atoms with E-state index in [-0.39, 0.29) is 17.7 Å². The van der Waals surface area contributed by atoms with E-state index in [4.69, 9.17) is 14.2 Å². The van der Waals surface area contributed by atoms with Crippen molar-refractivity contribution in [3.05, 3.63) is 96.7 Å². The van der Waals surface area contributed by atoms with Crippen LogP contribution in [0.2, 0.25) is 0 Å². The maximum absolute atomic E-state index is 13.6. The van der Waals surface area contributed by atoms with Gasteiger partial charge in [-0.1, -0.05) is 53.8 Å². The Morgan fingerprint density at radius 2 is 1.86 bits per heavy atom. The number of para-hydroxylation sites is 1. The molecule has 0 radical (unpaired) electrons. The molecule has 1 aromatic heterocycles. The summed E-state index contributed by atoms with van der Waals surface area (Å²) in [4.78, 5) is 42.9. The van der Waals surface area contributed by atoms with Gasteiger partial charge in [-0.05, 0) is 43.7 Å². The van der Waals surface area contributed by atoms with Gasteiger partial charge in [-0.15, -0.1) is 0 Å².